The second kappa shape index (κ2) is 9.10. The van der Waals surface area contributed by atoms with Gasteiger partial charge in [-0.15, -0.1) is 0 Å². The highest BCUT2D eigenvalue weighted by Gasteiger charge is 2.17. The first kappa shape index (κ1) is 19.6. The summed E-state index contributed by atoms with van der Waals surface area (Å²) in [5.41, 5.74) is 6.38. The van der Waals surface area contributed by atoms with Gasteiger partial charge >= 0.3 is 5.97 Å². The summed E-state index contributed by atoms with van der Waals surface area (Å²) >= 11 is 3.33. The molecule has 0 aliphatic carbocycles. The van der Waals surface area contributed by atoms with Crippen LogP contribution in [0.2, 0.25) is 0 Å². The van der Waals surface area contributed by atoms with Gasteiger partial charge in [-0.25, -0.2) is 4.79 Å². The first-order valence-corrected chi connectivity index (χ1v) is 8.43. The molecule has 2 rings (SSSR count). The van der Waals surface area contributed by atoms with Crippen molar-refractivity contribution in [1.82, 2.24) is 0 Å². The molecule has 1 atom stereocenters. The monoisotopic (exact) mass is 422 g/mol. The molecule has 0 fully saturated rings. The number of nitrogens with two attached hydrogens (primary N) is 1. The van der Waals surface area contributed by atoms with Gasteiger partial charge in [0.15, 0.2) is 23.4 Å². The van der Waals surface area contributed by atoms with Gasteiger partial charge in [0, 0.05) is 10.0 Å². The van der Waals surface area contributed by atoms with E-state index < -0.39 is 12.1 Å². The Kier molecular flexibility index (Phi) is 6.85. The Morgan fingerprint density at radius 3 is 2.35 bits per heavy atom. The van der Waals surface area contributed by atoms with Crippen molar-refractivity contribution in [2.45, 2.75) is 13.0 Å². The van der Waals surface area contributed by atoms with E-state index in [2.05, 4.69) is 21.1 Å². The van der Waals surface area contributed by atoms with Gasteiger partial charge in [-0.1, -0.05) is 21.1 Å². The van der Waals surface area contributed by atoms with Crippen LogP contribution in [0.4, 0.5) is 0 Å². The maximum Gasteiger partial charge on any atom is 0.374 e. The molecule has 0 heterocycles. The van der Waals surface area contributed by atoms with Crippen molar-refractivity contribution in [1.29, 1.82) is 0 Å². The van der Waals surface area contributed by atoms with Gasteiger partial charge in [0.25, 0.3) is 0 Å². The minimum atomic E-state index is -0.849. The zero-order chi connectivity index (χ0) is 19.1. The Morgan fingerprint density at radius 2 is 1.73 bits per heavy atom. The lowest BCUT2D eigenvalue weighted by atomic mass is 10.2. The van der Waals surface area contributed by atoms with E-state index in [0.717, 1.165) is 4.47 Å². The molecule has 7 nitrogen and oxygen atoms in total. The topological polar surface area (TPSA) is 92.4 Å². The fourth-order valence-electron chi connectivity index (χ4n) is 1.98. The van der Waals surface area contributed by atoms with E-state index in [1.54, 1.807) is 49.4 Å². The molecule has 2 aromatic carbocycles. The number of benzene rings is 2. The van der Waals surface area contributed by atoms with Crippen LogP contribution in [0, 0.1) is 0 Å². The van der Waals surface area contributed by atoms with E-state index in [4.69, 9.17) is 24.8 Å². The predicted molar refractivity (Wildman–Crippen MR) is 101 cm³/mol. The molecule has 2 aromatic rings. The van der Waals surface area contributed by atoms with Crippen molar-refractivity contribution in [3.05, 3.63) is 52.5 Å². The van der Waals surface area contributed by atoms with Crippen LogP contribution in [0.25, 0.3) is 0 Å². The van der Waals surface area contributed by atoms with Crippen LogP contribution in [0.5, 0.6) is 17.2 Å². The van der Waals surface area contributed by atoms with Crippen molar-refractivity contribution < 1.29 is 23.8 Å². The molecule has 0 aliphatic heterocycles. The SMILES string of the molecule is COc1ccc(/C(N)=N\OC(=O)[C@H](C)Oc2ccc(Br)cc2)cc1OC. The zero-order valence-corrected chi connectivity index (χ0v) is 16.1. The van der Waals surface area contributed by atoms with Crippen LogP contribution in [0.3, 0.4) is 0 Å². The minimum Gasteiger partial charge on any atom is -0.493 e. The second-order valence-electron chi connectivity index (χ2n) is 5.17. The number of ether oxygens (including phenoxy) is 3. The number of hydrogen-bond acceptors (Lipinski definition) is 6. The van der Waals surface area contributed by atoms with Crippen molar-refractivity contribution in [2.24, 2.45) is 10.9 Å². The number of carbonyl (C=O) groups is 1. The van der Waals surface area contributed by atoms with Crippen LogP contribution in [0.1, 0.15) is 12.5 Å². The van der Waals surface area contributed by atoms with E-state index >= 15 is 0 Å². The average Bonchev–Trinajstić information content (AvgIpc) is 2.66. The summed E-state index contributed by atoms with van der Waals surface area (Å²) in [6, 6.07) is 12.1. The normalized spacial score (nSPS) is 12.2. The Morgan fingerprint density at radius 1 is 1.08 bits per heavy atom. The van der Waals surface area contributed by atoms with Gasteiger partial charge in [-0.3, -0.25) is 0 Å². The molecule has 0 amide bonds. The number of oxime groups is 1. The Balaban J connectivity index is 2.00. The van der Waals surface area contributed by atoms with E-state index in [0.29, 0.717) is 22.8 Å². The molecule has 8 heteroatoms. The van der Waals surface area contributed by atoms with Gasteiger partial charge in [0.1, 0.15) is 5.75 Å². The van der Waals surface area contributed by atoms with Crippen molar-refractivity contribution in [2.75, 3.05) is 14.2 Å². The minimum absolute atomic E-state index is 0.0233. The van der Waals surface area contributed by atoms with Crippen LogP contribution in [-0.4, -0.2) is 32.1 Å². The standard InChI is InChI=1S/C18H19BrN2O5/c1-11(25-14-7-5-13(19)6-8-14)18(22)26-21-17(20)12-4-9-15(23-2)16(10-12)24-3/h4-11H,1-3H3,(H2,20,21)/t11-/m0/s1. The highest BCUT2D eigenvalue weighted by atomic mass is 79.9. The van der Waals surface area contributed by atoms with Gasteiger partial charge < -0.3 is 24.8 Å². The first-order chi connectivity index (χ1) is 12.4. The van der Waals surface area contributed by atoms with E-state index in [-0.39, 0.29) is 5.84 Å². The lowest BCUT2D eigenvalue weighted by Crippen LogP contribution is -2.26. The second-order valence-corrected chi connectivity index (χ2v) is 6.09. The third-order valence-electron chi connectivity index (χ3n) is 3.37. The third-order valence-corrected chi connectivity index (χ3v) is 3.90. The summed E-state index contributed by atoms with van der Waals surface area (Å²) in [5.74, 6) is 0.931. The molecule has 0 aromatic heterocycles. The maximum atomic E-state index is 12.0. The zero-order valence-electron chi connectivity index (χ0n) is 14.6. The summed E-state index contributed by atoms with van der Waals surface area (Å²) in [6.45, 7) is 1.56. The van der Waals surface area contributed by atoms with Gasteiger partial charge in [0.05, 0.1) is 14.2 Å². The van der Waals surface area contributed by atoms with Gasteiger partial charge in [-0.2, -0.15) is 0 Å². The smallest absolute Gasteiger partial charge is 0.374 e. The Labute approximate surface area is 159 Å². The fourth-order valence-corrected chi connectivity index (χ4v) is 2.25. The number of nitrogens with zero attached hydrogens (tertiary/aromatic N) is 1. The molecule has 0 saturated heterocycles. The fraction of sp³-hybridized carbons (Fsp3) is 0.222. The number of carbonyl (C=O) groups excluding carboxylic acids is 1. The van der Waals surface area contributed by atoms with Gasteiger partial charge in [0.2, 0.25) is 0 Å². The molecule has 26 heavy (non-hydrogen) atoms. The highest BCUT2D eigenvalue weighted by molar-refractivity contribution is 9.10. The van der Waals surface area contributed by atoms with E-state index in [9.17, 15) is 4.79 Å². The largest absolute Gasteiger partial charge is 0.493 e. The van der Waals surface area contributed by atoms with Gasteiger partial charge in [-0.05, 0) is 49.4 Å². The summed E-state index contributed by atoms with van der Waals surface area (Å²) in [4.78, 5) is 16.9. The van der Waals surface area contributed by atoms with Crippen molar-refractivity contribution >= 4 is 27.7 Å². The quantitative estimate of drug-likeness (QED) is 0.319. The van der Waals surface area contributed by atoms with Crippen LogP contribution in [0.15, 0.2) is 52.1 Å². The van der Waals surface area contributed by atoms with Crippen molar-refractivity contribution in [3.8, 4) is 17.2 Å². The summed E-state index contributed by atoms with van der Waals surface area (Å²) in [7, 11) is 3.04. The van der Waals surface area contributed by atoms with Crippen LogP contribution in [-0.2, 0) is 9.63 Å². The molecule has 0 unspecified atom stereocenters. The highest BCUT2D eigenvalue weighted by Crippen LogP contribution is 2.27. The average molecular weight is 423 g/mol. The van der Waals surface area contributed by atoms with Crippen LogP contribution < -0.4 is 19.9 Å². The van der Waals surface area contributed by atoms with Crippen molar-refractivity contribution in [3.63, 3.8) is 0 Å². The molecule has 2 N–H and O–H groups in total. The molecule has 0 aliphatic rings. The molecule has 0 radical (unpaired) electrons. The van der Waals surface area contributed by atoms with E-state index in [1.807, 2.05) is 0 Å². The number of hydrogen-bond donors (Lipinski definition) is 1. The number of methoxy groups -OCH3 is 2. The summed E-state index contributed by atoms with van der Waals surface area (Å²) in [5, 5.41) is 3.66. The molecule has 0 spiro atoms. The molecule has 138 valence electrons. The molecular weight excluding hydrogens is 404 g/mol. The Hall–Kier alpha value is -2.74. The predicted octanol–water partition coefficient (Wildman–Crippen LogP) is 3.10. The van der Waals surface area contributed by atoms with E-state index in [1.165, 1.54) is 14.2 Å². The summed E-state index contributed by atoms with van der Waals surface area (Å²) in [6.07, 6.45) is -0.849. The third kappa shape index (κ3) is 5.13. The lowest BCUT2D eigenvalue weighted by molar-refractivity contribution is -0.151. The maximum absolute atomic E-state index is 12.0. The number of halogens is 1. The lowest BCUT2D eigenvalue weighted by Gasteiger charge is -2.12. The molecular formula is C18H19BrN2O5. The first-order valence-electron chi connectivity index (χ1n) is 7.63. The number of amidine groups is 1. The van der Waals surface area contributed by atoms with Crippen LogP contribution >= 0.6 is 15.9 Å². The molecule has 0 saturated carbocycles. The summed E-state index contributed by atoms with van der Waals surface area (Å²) < 4.78 is 16.8. The number of rotatable bonds is 7. The molecule has 0 bridgehead atoms. The Bertz CT molecular complexity index is 793.